The number of carbonyl (C=O) groups is 4. The number of ether oxygens (including phenoxy) is 2. The Kier molecular flexibility index (Phi) is 11.4. The average molecular weight is 898 g/mol. The summed E-state index contributed by atoms with van der Waals surface area (Å²) in [4.78, 5) is 57.9. The molecule has 1 saturated carbocycles. The van der Waals surface area contributed by atoms with Crippen molar-refractivity contribution < 1.29 is 33.8 Å². The quantitative estimate of drug-likeness (QED) is 0.0898. The van der Waals surface area contributed by atoms with E-state index in [1.54, 1.807) is 0 Å². The molecule has 3 unspecified atom stereocenters. The standard InChI is InChI=1S/C50H52ClN7O7/c1-29-45(30(2)54(3)53-29)46-37(51)17-16-35-34(13-8-24-64-41-14-6-10-31-9-4-5-12-33(31)41)48(50(62)63)58(47(35)46)23-21-55-20-22-57(40-25-39(40)55)44(60)28-65-42-15-7-11-32-26-56(27-36(32)42)38-18-19-43(59)52-49(38)61/h4-7,9-12,14-17,38-40H,8,13,18-28H2,1-3H3,(H,62,63)(H,52,59,61). The number of carboxylic acid groups (broad SMARTS) is 1. The summed E-state index contributed by atoms with van der Waals surface area (Å²) in [5.41, 5.74) is 7.22. The van der Waals surface area contributed by atoms with Crippen molar-refractivity contribution in [1.29, 1.82) is 0 Å². The third-order valence-corrected chi connectivity index (χ3v) is 14.3. The maximum Gasteiger partial charge on any atom is 0.352 e. The number of piperazine rings is 1. The molecule has 3 amide bonds. The summed E-state index contributed by atoms with van der Waals surface area (Å²) >= 11 is 7.11. The number of rotatable bonds is 14. The number of nitrogens with zero attached hydrogens (tertiary/aromatic N) is 6. The predicted octanol–water partition coefficient (Wildman–Crippen LogP) is 6.66. The third-order valence-electron chi connectivity index (χ3n) is 13.9. The molecule has 6 aromatic rings. The molecule has 5 heterocycles. The van der Waals surface area contributed by atoms with Crippen LogP contribution in [0.3, 0.4) is 0 Å². The first-order chi connectivity index (χ1) is 31.5. The van der Waals surface area contributed by atoms with E-state index in [-0.39, 0.29) is 48.1 Å². The Morgan fingerprint density at radius 3 is 2.49 bits per heavy atom. The highest BCUT2D eigenvalue weighted by Gasteiger charge is 2.50. The van der Waals surface area contributed by atoms with Crippen LogP contribution in [0.25, 0.3) is 32.8 Å². The van der Waals surface area contributed by atoms with E-state index in [0.717, 1.165) is 73.1 Å². The number of fused-ring (bicyclic) bond motifs is 4. The molecule has 15 heteroatoms. The average Bonchev–Trinajstić information content (AvgIpc) is 3.78. The number of hydrogen-bond acceptors (Lipinski definition) is 9. The molecule has 4 aromatic carbocycles. The fourth-order valence-electron chi connectivity index (χ4n) is 10.6. The van der Waals surface area contributed by atoms with Gasteiger partial charge in [-0.25, -0.2) is 4.79 Å². The zero-order chi connectivity index (χ0) is 45.1. The molecule has 1 aliphatic carbocycles. The minimum Gasteiger partial charge on any atom is -0.493 e. The lowest BCUT2D eigenvalue weighted by molar-refractivity contribution is -0.138. The van der Waals surface area contributed by atoms with E-state index in [9.17, 15) is 24.3 Å². The number of aromatic carboxylic acids is 1. The molecule has 2 N–H and O–H groups in total. The summed E-state index contributed by atoms with van der Waals surface area (Å²) in [5, 5.41) is 21.7. The number of aromatic nitrogens is 3. The smallest absolute Gasteiger partial charge is 0.352 e. The van der Waals surface area contributed by atoms with Gasteiger partial charge in [0.25, 0.3) is 5.91 Å². The van der Waals surface area contributed by atoms with Crippen LogP contribution in [0.5, 0.6) is 11.5 Å². The maximum absolute atomic E-state index is 13.7. The molecule has 2 saturated heterocycles. The zero-order valence-corrected chi connectivity index (χ0v) is 37.6. The summed E-state index contributed by atoms with van der Waals surface area (Å²) in [6.45, 7) is 7.53. The van der Waals surface area contributed by atoms with Gasteiger partial charge in [0.05, 0.1) is 28.9 Å². The second kappa shape index (κ2) is 17.3. The van der Waals surface area contributed by atoms with Gasteiger partial charge < -0.3 is 24.0 Å². The van der Waals surface area contributed by atoms with Crippen LogP contribution in [-0.2, 0) is 47.5 Å². The normalized spacial score (nSPS) is 19.7. The Balaban J connectivity index is 0.849. The Morgan fingerprint density at radius 1 is 0.892 bits per heavy atom. The third kappa shape index (κ3) is 7.91. The van der Waals surface area contributed by atoms with Crippen molar-refractivity contribution in [3.8, 4) is 22.6 Å². The first-order valence-corrected chi connectivity index (χ1v) is 22.9. The van der Waals surface area contributed by atoms with Crippen molar-refractivity contribution in [3.05, 3.63) is 112 Å². The molecule has 3 atom stereocenters. The van der Waals surface area contributed by atoms with E-state index in [1.807, 2.05) is 95.7 Å². The molecule has 0 radical (unpaired) electrons. The topological polar surface area (TPSA) is 151 Å². The highest BCUT2D eigenvalue weighted by Crippen LogP contribution is 2.43. The van der Waals surface area contributed by atoms with Crippen LogP contribution in [0.1, 0.15) is 64.2 Å². The van der Waals surface area contributed by atoms with Crippen LogP contribution in [0.4, 0.5) is 0 Å². The van der Waals surface area contributed by atoms with Gasteiger partial charge in [0.15, 0.2) is 6.61 Å². The van der Waals surface area contributed by atoms with Crippen LogP contribution < -0.4 is 14.8 Å². The Bertz CT molecular complexity index is 2900. The van der Waals surface area contributed by atoms with Crippen molar-refractivity contribution in [1.82, 2.24) is 34.4 Å². The number of carbonyl (C=O) groups excluding carboxylic acids is 3. The number of carboxylic acids is 1. The number of benzene rings is 4. The molecular formula is C50H52ClN7O7. The lowest BCUT2D eigenvalue weighted by Crippen LogP contribution is -2.50. The fourth-order valence-corrected chi connectivity index (χ4v) is 10.9. The van der Waals surface area contributed by atoms with E-state index < -0.39 is 5.97 Å². The van der Waals surface area contributed by atoms with Gasteiger partial charge in [-0.1, -0.05) is 66.2 Å². The molecule has 2 aromatic heterocycles. The molecule has 65 heavy (non-hydrogen) atoms. The lowest BCUT2D eigenvalue weighted by atomic mass is 9.98. The van der Waals surface area contributed by atoms with Gasteiger partial charge >= 0.3 is 5.97 Å². The second-order valence-electron chi connectivity index (χ2n) is 17.7. The molecular weight excluding hydrogens is 846 g/mol. The van der Waals surface area contributed by atoms with Crippen molar-refractivity contribution in [2.75, 3.05) is 32.8 Å². The van der Waals surface area contributed by atoms with Gasteiger partial charge in [0.1, 0.15) is 17.2 Å². The number of nitrogens with one attached hydrogen (secondary N) is 1. The monoisotopic (exact) mass is 897 g/mol. The van der Waals surface area contributed by atoms with Crippen molar-refractivity contribution >= 4 is 57.0 Å². The van der Waals surface area contributed by atoms with Crippen LogP contribution in [0.2, 0.25) is 5.02 Å². The van der Waals surface area contributed by atoms with E-state index in [2.05, 4.69) is 27.2 Å². The molecule has 336 valence electrons. The summed E-state index contributed by atoms with van der Waals surface area (Å²) < 4.78 is 16.3. The summed E-state index contributed by atoms with van der Waals surface area (Å²) in [6, 6.07) is 23.5. The first kappa shape index (κ1) is 42.7. The van der Waals surface area contributed by atoms with Gasteiger partial charge in [-0.15, -0.1) is 0 Å². The molecule has 0 bridgehead atoms. The highest BCUT2D eigenvalue weighted by molar-refractivity contribution is 6.35. The number of amides is 3. The van der Waals surface area contributed by atoms with Crippen LogP contribution >= 0.6 is 11.6 Å². The first-order valence-electron chi connectivity index (χ1n) is 22.5. The van der Waals surface area contributed by atoms with Crippen molar-refractivity contribution in [3.63, 3.8) is 0 Å². The summed E-state index contributed by atoms with van der Waals surface area (Å²) in [6.07, 6.45) is 2.71. The number of hydrogen-bond donors (Lipinski definition) is 2. The Labute approximate surface area is 381 Å². The van der Waals surface area contributed by atoms with Gasteiger partial charge in [-0.2, -0.15) is 5.10 Å². The van der Waals surface area contributed by atoms with Gasteiger partial charge in [-0.05, 0) is 74.2 Å². The second-order valence-corrected chi connectivity index (χ2v) is 18.2. The molecule has 3 aliphatic heterocycles. The number of imide groups is 1. The Hall–Kier alpha value is -6.22. The van der Waals surface area contributed by atoms with Gasteiger partial charge in [0, 0.05) is 98.0 Å². The predicted molar refractivity (Wildman–Crippen MR) is 246 cm³/mol. The van der Waals surface area contributed by atoms with E-state index >= 15 is 0 Å². The largest absolute Gasteiger partial charge is 0.493 e. The molecule has 3 fully saturated rings. The molecule has 0 spiro atoms. The van der Waals surface area contributed by atoms with E-state index in [0.29, 0.717) is 82.3 Å². The van der Waals surface area contributed by atoms with Gasteiger partial charge in [-0.3, -0.25) is 34.2 Å². The Morgan fingerprint density at radius 2 is 1.69 bits per heavy atom. The number of aryl methyl sites for hydroxylation is 3. The maximum atomic E-state index is 13.7. The van der Waals surface area contributed by atoms with Crippen LogP contribution in [0, 0.1) is 13.8 Å². The minimum absolute atomic E-state index is 0.0488. The summed E-state index contributed by atoms with van der Waals surface area (Å²) in [5.74, 6) is -0.143. The highest BCUT2D eigenvalue weighted by atomic mass is 35.5. The molecule has 10 rings (SSSR count). The molecule has 4 aliphatic rings. The lowest BCUT2D eigenvalue weighted by Gasteiger charge is -2.34. The number of piperidine rings is 1. The fraction of sp³-hybridized carbons (Fsp3) is 0.380. The number of halogens is 1. The zero-order valence-electron chi connectivity index (χ0n) is 36.8. The van der Waals surface area contributed by atoms with E-state index in [1.165, 1.54) is 0 Å². The van der Waals surface area contributed by atoms with Crippen molar-refractivity contribution in [2.24, 2.45) is 7.05 Å². The molecule has 14 nitrogen and oxygen atoms in total. The van der Waals surface area contributed by atoms with Crippen molar-refractivity contribution in [2.45, 2.75) is 83.7 Å². The van der Waals surface area contributed by atoms with Crippen LogP contribution in [0.15, 0.2) is 72.8 Å². The van der Waals surface area contributed by atoms with Crippen LogP contribution in [-0.4, -0.2) is 109 Å². The van der Waals surface area contributed by atoms with Gasteiger partial charge in [0.2, 0.25) is 11.8 Å². The minimum atomic E-state index is -1.000. The SMILES string of the molecule is Cc1nn(C)c(C)c1-c1c(Cl)ccc2c(CCCOc3cccc4ccccc34)c(C(=O)O)n(CCN3CCN(C(=O)COc4cccc5c4CN(C4CCC(=O)NC4=O)C5)C4CC43)c12. The summed E-state index contributed by atoms with van der Waals surface area (Å²) in [7, 11) is 1.90. The van der Waals surface area contributed by atoms with E-state index in [4.69, 9.17) is 26.2 Å².